The van der Waals surface area contributed by atoms with Gasteiger partial charge < -0.3 is 10.0 Å². The maximum absolute atomic E-state index is 12.4. The van der Waals surface area contributed by atoms with Crippen molar-refractivity contribution in [1.29, 1.82) is 0 Å². The summed E-state index contributed by atoms with van der Waals surface area (Å²) >= 11 is 0. The Balaban J connectivity index is 2.08. The van der Waals surface area contributed by atoms with Crippen LogP contribution < -0.4 is 4.72 Å². The third kappa shape index (κ3) is 4.03. The zero-order valence-electron chi connectivity index (χ0n) is 12.7. The van der Waals surface area contributed by atoms with Crippen LogP contribution in [0.4, 0.5) is 0 Å². The van der Waals surface area contributed by atoms with Crippen molar-refractivity contribution in [3.63, 3.8) is 0 Å². The van der Waals surface area contributed by atoms with Gasteiger partial charge in [0, 0.05) is 13.1 Å². The molecule has 1 heterocycles. The lowest BCUT2D eigenvalue weighted by atomic mass is 9.99. The van der Waals surface area contributed by atoms with Crippen LogP contribution in [-0.4, -0.2) is 45.1 Å². The van der Waals surface area contributed by atoms with Crippen molar-refractivity contribution in [1.82, 2.24) is 9.62 Å². The number of rotatable bonds is 5. The summed E-state index contributed by atoms with van der Waals surface area (Å²) in [4.78, 5) is 2.50. The van der Waals surface area contributed by atoms with Gasteiger partial charge in [-0.3, -0.25) is 0 Å². The molecule has 0 aliphatic carbocycles. The third-order valence-corrected chi connectivity index (χ3v) is 5.71. The van der Waals surface area contributed by atoms with Gasteiger partial charge in [-0.05, 0) is 56.5 Å². The highest BCUT2D eigenvalue weighted by Crippen LogP contribution is 2.20. The molecule has 2 rings (SSSR count). The zero-order valence-corrected chi connectivity index (χ0v) is 13.5. The molecule has 118 valence electrons. The third-order valence-electron chi connectivity index (χ3n) is 4.14. The number of likely N-dealkylation sites (tertiary alicyclic amines) is 1. The van der Waals surface area contributed by atoms with Gasteiger partial charge in [-0.15, -0.1) is 0 Å². The van der Waals surface area contributed by atoms with E-state index in [-0.39, 0.29) is 11.5 Å². The first-order chi connectivity index (χ1) is 9.94. The van der Waals surface area contributed by atoms with Crippen molar-refractivity contribution < 1.29 is 13.5 Å². The smallest absolute Gasteiger partial charge is 0.240 e. The SMILES string of the molecule is Cc1c(CO)cccc1S(=O)(=O)NCC1CCCN(C)C1. The Morgan fingerprint density at radius 2 is 2.19 bits per heavy atom. The lowest BCUT2D eigenvalue weighted by molar-refractivity contribution is 0.211. The van der Waals surface area contributed by atoms with E-state index in [2.05, 4.69) is 16.7 Å². The molecule has 0 amide bonds. The van der Waals surface area contributed by atoms with Crippen LogP contribution in [0.1, 0.15) is 24.0 Å². The van der Waals surface area contributed by atoms with E-state index in [4.69, 9.17) is 0 Å². The Kier molecular flexibility index (Phi) is 5.37. The summed E-state index contributed by atoms with van der Waals surface area (Å²) < 4.78 is 27.6. The van der Waals surface area contributed by atoms with E-state index < -0.39 is 10.0 Å². The van der Waals surface area contributed by atoms with E-state index in [9.17, 15) is 13.5 Å². The molecule has 1 aliphatic heterocycles. The van der Waals surface area contributed by atoms with Gasteiger partial charge in [-0.2, -0.15) is 0 Å². The number of nitrogens with one attached hydrogen (secondary N) is 1. The molecule has 5 nitrogen and oxygen atoms in total. The number of hydrogen-bond donors (Lipinski definition) is 2. The first-order valence-electron chi connectivity index (χ1n) is 7.31. The minimum absolute atomic E-state index is 0.150. The monoisotopic (exact) mass is 312 g/mol. The summed E-state index contributed by atoms with van der Waals surface area (Å²) in [5.41, 5.74) is 1.27. The van der Waals surface area contributed by atoms with Gasteiger partial charge in [0.05, 0.1) is 11.5 Å². The molecule has 1 fully saturated rings. The Hall–Kier alpha value is -0.950. The number of benzene rings is 1. The molecule has 1 saturated heterocycles. The van der Waals surface area contributed by atoms with Crippen molar-refractivity contribution in [2.45, 2.75) is 31.3 Å². The highest BCUT2D eigenvalue weighted by atomic mass is 32.2. The van der Waals surface area contributed by atoms with E-state index in [0.717, 1.165) is 25.9 Å². The first-order valence-corrected chi connectivity index (χ1v) is 8.80. The minimum atomic E-state index is -3.52. The molecule has 0 aromatic heterocycles. The summed E-state index contributed by atoms with van der Waals surface area (Å²) in [6.07, 6.45) is 2.17. The number of aliphatic hydroxyl groups excluding tert-OH is 1. The second-order valence-corrected chi connectivity index (χ2v) is 7.56. The normalized spacial score (nSPS) is 20.6. The van der Waals surface area contributed by atoms with E-state index in [1.807, 2.05) is 0 Å². The predicted octanol–water partition coefficient (Wildman–Crippen LogP) is 1.11. The molecule has 1 aromatic carbocycles. The lowest BCUT2D eigenvalue weighted by Gasteiger charge is -2.29. The second-order valence-electron chi connectivity index (χ2n) is 5.82. The molecular weight excluding hydrogens is 288 g/mol. The standard InChI is InChI=1S/C15H24N2O3S/c1-12-14(11-18)6-3-7-15(12)21(19,20)16-9-13-5-4-8-17(2)10-13/h3,6-7,13,16,18H,4-5,8-11H2,1-2H3. The van der Waals surface area contributed by atoms with Crippen molar-refractivity contribution in [3.05, 3.63) is 29.3 Å². The number of piperidine rings is 1. The number of nitrogens with zero attached hydrogens (tertiary/aromatic N) is 1. The van der Waals surface area contributed by atoms with E-state index in [0.29, 0.717) is 23.6 Å². The van der Waals surface area contributed by atoms with Gasteiger partial charge in [0.15, 0.2) is 0 Å². The molecule has 0 spiro atoms. The molecule has 6 heteroatoms. The lowest BCUT2D eigenvalue weighted by Crippen LogP contribution is -2.39. The van der Waals surface area contributed by atoms with Gasteiger partial charge >= 0.3 is 0 Å². The average Bonchev–Trinajstić information content (AvgIpc) is 2.45. The topological polar surface area (TPSA) is 69.6 Å². The van der Waals surface area contributed by atoms with Crippen molar-refractivity contribution >= 4 is 10.0 Å². The fourth-order valence-corrected chi connectivity index (χ4v) is 4.27. The molecule has 2 N–H and O–H groups in total. The summed E-state index contributed by atoms with van der Waals surface area (Å²) in [5, 5.41) is 9.25. The Morgan fingerprint density at radius 3 is 2.86 bits per heavy atom. The van der Waals surface area contributed by atoms with Crippen molar-refractivity contribution in [3.8, 4) is 0 Å². The van der Waals surface area contributed by atoms with Gasteiger partial charge in [0.2, 0.25) is 10.0 Å². The molecule has 1 unspecified atom stereocenters. The van der Waals surface area contributed by atoms with Crippen LogP contribution in [0.5, 0.6) is 0 Å². The van der Waals surface area contributed by atoms with E-state index in [1.54, 1.807) is 25.1 Å². The van der Waals surface area contributed by atoms with E-state index in [1.165, 1.54) is 0 Å². The minimum Gasteiger partial charge on any atom is -0.392 e. The molecule has 0 radical (unpaired) electrons. The van der Waals surface area contributed by atoms with Gasteiger partial charge in [-0.25, -0.2) is 13.1 Å². The van der Waals surface area contributed by atoms with Crippen LogP contribution in [0, 0.1) is 12.8 Å². The predicted molar refractivity (Wildman–Crippen MR) is 82.5 cm³/mol. The van der Waals surface area contributed by atoms with Gasteiger partial charge in [0.25, 0.3) is 0 Å². The average molecular weight is 312 g/mol. The molecule has 1 aromatic rings. The number of sulfonamides is 1. The zero-order chi connectivity index (χ0) is 15.5. The fourth-order valence-electron chi connectivity index (χ4n) is 2.87. The van der Waals surface area contributed by atoms with E-state index >= 15 is 0 Å². The fraction of sp³-hybridized carbons (Fsp3) is 0.600. The van der Waals surface area contributed by atoms with Gasteiger partial charge in [-0.1, -0.05) is 12.1 Å². The number of aliphatic hydroxyl groups is 1. The summed E-state index contributed by atoms with van der Waals surface area (Å²) in [6.45, 7) is 4.06. The molecule has 0 saturated carbocycles. The Morgan fingerprint density at radius 1 is 1.43 bits per heavy atom. The summed E-state index contributed by atoms with van der Waals surface area (Å²) in [7, 11) is -1.46. The van der Waals surface area contributed by atoms with Crippen molar-refractivity contribution in [2.75, 3.05) is 26.7 Å². The van der Waals surface area contributed by atoms with Crippen LogP contribution in [-0.2, 0) is 16.6 Å². The van der Waals surface area contributed by atoms with Crippen LogP contribution in [0.3, 0.4) is 0 Å². The maximum atomic E-state index is 12.4. The molecular formula is C15H24N2O3S. The molecule has 0 bridgehead atoms. The largest absolute Gasteiger partial charge is 0.392 e. The highest BCUT2D eigenvalue weighted by molar-refractivity contribution is 7.89. The molecule has 1 aliphatic rings. The van der Waals surface area contributed by atoms with Crippen LogP contribution in [0.15, 0.2) is 23.1 Å². The van der Waals surface area contributed by atoms with Crippen LogP contribution in [0.25, 0.3) is 0 Å². The van der Waals surface area contributed by atoms with Crippen LogP contribution >= 0.6 is 0 Å². The summed E-state index contributed by atoms with van der Waals surface area (Å²) in [6, 6.07) is 5.00. The molecule has 21 heavy (non-hydrogen) atoms. The van der Waals surface area contributed by atoms with Crippen molar-refractivity contribution in [2.24, 2.45) is 5.92 Å². The first kappa shape index (κ1) is 16.4. The molecule has 1 atom stereocenters. The highest BCUT2D eigenvalue weighted by Gasteiger charge is 2.22. The van der Waals surface area contributed by atoms with Crippen LogP contribution in [0.2, 0.25) is 0 Å². The summed E-state index contributed by atoms with van der Waals surface area (Å²) in [5.74, 6) is 0.361. The van der Waals surface area contributed by atoms with Gasteiger partial charge in [0.1, 0.15) is 0 Å². The maximum Gasteiger partial charge on any atom is 0.240 e. The Bertz CT molecular complexity index is 587. The Labute approximate surface area is 127 Å². The number of hydrogen-bond acceptors (Lipinski definition) is 4. The quantitative estimate of drug-likeness (QED) is 0.854. The second kappa shape index (κ2) is 6.87.